The van der Waals surface area contributed by atoms with E-state index in [9.17, 15) is 0 Å². The van der Waals surface area contributed by atoms with Crippen molar-refractivity contribution in [2.75, 3.05) is 25.1 Å². The molecule has 25 heavy (non-hydrogen) atoms. The minimum Gasteiger partial charge on any atom is -0.347 e. The van der Waals surface area contributed by atoms with E-state index in [4.69, 9.17) is 0 Å². The Morgan fingerprint density at radius 2 is 1.52 bits per heavy atom. The largest absolute Gasteiger partial charge is 0.347 e. The van der Waals surface area contributed by atoms with Gasteiger partial charge in [0.15, 0.2) is 4.34 Å². The zero-order valence-corrected chi connectivity index (χ0v) is 18.3. The number of hydrogen-bond donors (Lipinski definition) is 2. The number of aromatic nitrogens is 2. The molecule has 2 unspecified atom stereocenters. The first-order chi connectivity index (χ1) is 12.1. The fraction of sp³-hybridized carbons (Fsp3) is 0.895. The third-order valence-corrected chi connectivity index (χ3v) is 6.03. The van der Waals surface area contributed by atoms with E-state index < -0.39 is 0 Å². The highest BCUT2D eigenvalue weighted by Crippen LogP contribution is 2.21. The predicted molar refractivity (Wildman–Crippen MR) is 114 cm³/mol. The van der Waals surface area contributed by atoms with Crippen LogP contribution >= 0.6 is 24.0 Å². The Morgan fingerprint density at radius 3 is 1.92 bits per heavy atom. The second-order valence-electron chi connectivity index (χ2n) is 7.09. The Kier molecular flexibility index (Phi) is 12.6. The van der Waals surface area contributed by atoms with Crippen LogP contribution in [-0.4, -0.2) is 34.9 Å². The number of nitrogens with zero attached hydrogens (tertiary/aromatic N) is 3. The molecule has 0 saturated carbocycles. The van der Waals surface area contributed by atoms with E-state index in [1.807, 2.05) is 0 Å². The van der Waals surface area contributed by atoms with Crippen LogP contribution in [0, 0.1) is 11.8 Å². The van der Waals surface area contributed by atoms with Crippen LogP contribution in [0.5, 0.6) is 0 Å². The average Bonchev–Trinajstić information content (AvgIpc) is 3.04. The molecule has 0 aromatic carbocycles. The maximum atomic E-state index is 4.26. The van der Waals surface area contributed by atoms with Gasteiger partial charge in [-0.15, -0.1) is 22.8 Å². The number of unbranched alkanes of at least 4 members (excludes halogenated alkanes) is 2. The second kappa shape index (κ2) is 13.8. The monoisotopic (exact) mass is 386 g/mol. The average molecular weight is 387 g/mol. The topological polar surface area (TPSA) is 41.0 Å². The highest BCUT2D eigenvalue weighted by atomic mass is 32.2. The van der Waals surface area contributed by atoms with Crippen molar-refractivity contribution < 1.29 is 0 Å². The molecule has 0 aliphatic heterocycles. The molecule has 0 amide bonds. The molecule has 0 saturated heterocycles. The maximum Gasteiger partial charge on any atom is 0.207 e. The molecule has 4 nitrogen and oxygen atoms in total. The molecule has 0 aliphatic carbocycles. The van der Waals surface area contributed by atoms with Gasteiger partial charge in [0.2, 0.25) is 5.13 Å². The Bertz CT molecular complexity index is 421. The van der Waals surface area contributed by atoms with Crippen molar-refractivity contribution in [3.05, 3.63) is 0 Å². The summed E-state index contributed by atoms with van der Waals surface area (Å²) in [6.07, 6.45) is 10.5. The van der Waals surface area contributed by atoms with Crippen molar-refractivity contribution in [3.8, 4) is 0 Å². The van der Waals surface area contributed by atoms with E-state index in [0.717, 1.165) is 28.0 Å². The zero-order valence-electron chi connectivity index (χ0n) is 16.6. The van der Waals surface area contributed by atoms with Crippen molar-refractivity contribution in [2.45, 2.75) is 83.4 Å². The fourth-order valence-corrected chi connectivity index (χ4v) is 4.01. The van der Waals surface area contributed by atoms with Crippen LogP contribution < -0.4 is 5.32 Å². The van der Waals surface area contributed by atoms with Gasteiger partial charge in [-0.25, -0.2) is 0 Å². The summed E-state index contributed by atoms with van der Waals surface area (Å²) in [5, 5.41) is 12.5. The first-order valence-electron chi connectivity index (χ1n) is 10.1. The fourth-order valence-electron chi connectivity index (χ4n) is 3.23. The summed E-state index contributed by atoms with van der Waals surface area (Å²) in [6.45, 7) is 12.4. The van der Waals surface area contributed by atoms with Crippen molar-refractivity contribution in [3.63, 3.8) is 0 Å². The van der Waals surface area contributed by atoms with Crippen molar-refractivity contribution in [1.29, 1.82) is 0 Å². The summed E-state index contributed by atoms with van der Waals surface area (Å²) < 4.78 is 0.720. The van der Waals surface area contributed by atoms with Gasteiger partial charge in [0.1, 0.15) is 0 Å². The molecule has 1 heterocycles. The van der Waals surface area contributed by atoms with Gasteiger partial charge in [0, 0.05) is 13.1 Å². The lowest BCUT2D eigenvalue weighted by molar-refractivity contribution is 0.191. The van der Waals surface area contributed by atoms with Gasteiger partial charge in [0.05, 0.1) is 6.67 Å². The van der Waals surface area contributed by atoms with Crippen LogP contribution in [0.15, 0.2) is 4.34 Å². The molecule has 6 heteroatoms. The van der Waals surface area contributed by atoms with Crippen LogP contribution in [0.4, 0.5) is 5.13 Å². The molecular formula is C19H38N4S2. The summed E-state index contributed by atoms with van der Waals surface area (Å²) in [4.78, 5) is 2.60. The predicted octanol–water partition coefficient (Wildman–Crippen LogP) is 5.93. The van der Waals surface area contributed by atoms with E-state index >= 15 is 0 Å². The molecule has 0 aliphatic rings. The number of hydrogen-bond acceptors (Lipinski definition) is 6. The first kappa shape index (κ1) is 22.7. The lowest BCUT2D eigenvalue weighted by Crippen LogP contribution is -2.37. The molecule has 0 fully saturated rings. The molecule has 1 aromatic heterocycles. The molecule has 0 spiro atoms. The second-order valence-corrected chi connectivity index (χ2v) is 8.80. The van der Waals surface area contributed by atoms with Crippen LogP contribution in [0.2, 0.25) is 0 Å². The summed E-state index contributed by atoms with van der Waals surface area (Å²) >= 11 is 5.77. The standard InChI is InChI=1S/C19H38N4S2/c1-5-9-11-16(7-3)13-23(14-17(8-4)12-10-6-2)15-20-18-21-22-19(24)25-18/h16-17H,5-15H2,1-4H3,(H,20,21)(H,22,24). The van der Waals surface area contributed by atoms with Gasteiger partial charge in [0.25, 0.3) is 0 Å². The molecule has 146 valence electrons. The molecule has 1 N–H and O–H groups in total. The van der Waals surface area contributed by atoms with E-state index in [2.05, 4.69) is 60.7 Å². The van der Waals surface area contributed by atoms with Crippen LogP contribution in [-0.2, 0) is 0 Å². The molecule has 1 aromatic rings. The normalized spacial score (nSPS) is 14.0. The molecule has 0 radical (unpaired) electrons. The number of thiol groups is 1. The van der Waals surface area contributed by atoms with E-state index in [1.165, 1.54) is 75.8 Å². The summed E-state index contributed by atoms with van der Waals surface area (Å²) in [5.74, 6) is 1.58. The van der Waals surface area contributed by atoms with E-state index in [1.54, 1.807) is 0 Å². The Hall–Kier alpha value is -0.330. The number of anilines is 1. The molecule has 0 bridgehead atoms. The quantitative estimate of drug-likeness (QED) is 0.289. The van der Waals surface area contributed by atoms with Gasteiger partial charge in [-0.3, -0.25) is 4.90 Å². The smallest absolute Gasteiger partial charge is 0.207 e. The third-order valence-electron chi connectivity index (χ3n) is 4.99. The third kappa shape index (κ3) is 9.80. The minimum absolute atomic E-state index is 0.720. The Balaban J connectivity index is 2.62. The number of nitrogens with one attached hydrogen (secondary N) is 1. The van der Waals surface area contributed by atoms with Crippen LogP contribution in [0.3, 0.4) is 0 Å². The highest BCUT2D eigenvalue weighted by molar-refractivity contribution is 7.82. The van der Waals surface area contributed by atoms with Crippen molar-refractivity contribution >= 4 is 29.1 Å². The molecular weight excluding hydrogens is 348 g/mol. The molecule has 2 atom stereocenters. The van der Waals surface area contributed by atoms with Crippen molar-refractivity contribution in [2.24, 2.45) is 11.8 Å². The highest BCUT2D eigenvalue weighted by Gasteiger charge is 2.17. The molecule has 1 rings (SSSR count). The maximum absolute atomic E-state index is 4.26. The van der Waals surface area contributed by atoms with E-state index in [0.29, 0.717) is 0 Å². The Morgan fingerprint density at radius 1 is 0.960 bits per heavy atom. The Labute approximate surface area is 164 Å². The SMILES string of the molecule is CCCCC(CC)CN(CNc1nnc(S)s1)CC(CC)CCCC. The first-order valence-corrected chi connectivity index (χ1v) is 11.4. The van der Waals surface area contributed by atoms with Gasteiger partial charge >= 0.3 is 0 Å². The lowest BCUT2D eigenvalue weighted by atomic mass is 9.96. The van der Waals surface area contributed by atoms with Gasteiger partial charge < -0.3 is 5.32 Å². The zero-order chi connectivity index (χ0) is 18.5. The number of rotatable bonds is 15. The summed E-state index contributed by atoms with van der Waals surface area (Å²) in [6, 6.07) is 0. The minimum atomic E-state index is 0.720. The van der Waals surface area contributed by atoms with Crippen LogP contribution in [0.25, 0.3) is 0 Å². The van der Waals surface area contributed by atoms with Crippen molar-refractivity contribution in [1.82, 2.24) is 15.1 Å². The van der Waals surface area contributed by atoms with Crippen LogP contribution in [0.1, 0.15) is 79.1 Å². The lowest BCUT2D eigenvalue weighted by Gasteiger charge is -2.30. The summed E-state index contributed by atoms with van der Waals surface area (Å²) in [5.41, 5.74) is 0. The summed E-state index contributed by atoms with van der Waals surface area (Å²) in [7, 11) is 0. The van der Waals surface area contributed by atoms with E-state index in [-0.39, 0.29) is 0 Å². The van der Waals surface area contributed by atoms with Gasteiger partial charge in [-0.2, -0.15) is 0 Å². The van der Waals surface area contributed by atoms with Gasteiger partial charge in [-0.1, -0.05) is 77.6 Å². The van der Waals surface area contributed by atoms with Gasteiger partial charge in [-0.05, 0) is 24.7 Å².